The van der Waals surface area contributed by atoms with Gasteiger partial charge in [-0.05, 0) is 54.2 Å². The van der Waals surface area contributed by atoms with Gasteiger partial charge in [0.25, 0.3) is 0 Å². The molecule has 1 aliphatic heterocycles. The molecule has 5 heteroatoms. The van der Waals surface area contributed by atoms with Gasteiger partial charge in [0.05, 0.1) is 7.11 Å². The van der Waals surface area contributed by atoms with Crippen LogP contribution in [-0.4, -0.2) is 25.4 Å². The van der Waals surface area contributed by atoms with Gasteiger partial charge in [-0.1, -0.05) is 12.1 Å². The third-order valence-electron chi connectivity index (χ3n) is 4.79. The maximum atomic E-state index is 9.94. The highest BCUT2D eigenvalue weighted by atomic mass is 16.6. The highest BCUT2D eigenvalue weighted by Crippen LogP contribution is 2.43. The molecule has 4 rings (SSSR count). The van der Waals surface area contributed by atoms with E-state index in [0.717, 1.165) is 17.1 Å². The lowest BCUT2D eigenvalue weighted by atomic mass is 10.0. The highest BCUT2D eigenvalue weighted by Gasteiger charge is 2.32. The lowest BCUT2D eigenvalue weighted by Crippen LogP contribution is -2.23. The Hall–Kier alpha value is -2.40. The fourth-order valence-electron chi connectivity index (χ4n) is 3.31. The minimum Gasteiger partial charge on any atom is -0.504 e. The SMILES string of the molecule is COc1ccc(CNC(c2ccc3c(c2)OCCO3)C2CC2)cc1O. The molecule has 2 aliphatic rings. The molecular formula is C20H23NO4. The molecule has 0 bridgehead atoms. The lowest BCUT2D eigenvalue weighted by Gasteiger charge is -2.23. The van der Waals surface area contributed by atoms with Gasteiger partial charge < -0.3 is 24.6 Å². The van der Waals surface area contributed by atoms with E-state index >= 15 is 0 Å². The first kappa shape index (κ1) is 16.1. The van der Waals surface area contributed by atoms with E-state index in [0.29, 0.717) is 31.4 Å². The summed E-state index contributed by atoms with van der Waals surface area (Å²) in [6.45, 7) is 1.90. The number of fused-ring (bicyclic) bond motifs is 1. The molecule has 0 amide bonds. The van der Waals surface area contributed by atoms with Crippen molar-refractivity contribution < 1.29 is 19.3 Å². The third-order valence-corrected chi connectivity index (χ3v) is 4.79. The molecule has 25 heavy (non-hydrogen) atoms. The van der Waals surface area contributed by atoms with E-state index in [1.165, 1.54) is 18.4 Å². The van der Waals surface area contributed by atoms with Gasteiger partial charge in [-0.25, -0.2) is 0 Å². The Labute approximate surface area is 147 Å². The summed E-state index contributed by atoms with van der Waals surface area (Å²) in [5.74, 6) is 2.97. The zero-order valence-corrected chi connectivity index (χ0v) is 14.3. The Morgan fingerprint density at radius 1 is 1.12 bits per heavy atom. The molecule has 1 aliphatic carbocycles. The molecular weight excluding hydrogens is 318 g/mol. The van der Waals surface area contributed by atoms with Crippen LogP contribution in [0.25, 0.3) is 0 Å². The third kappa shape index (κ3) is 3.51. The summed E-state index contributed by atoms with van der Waals surface area (Å²) >= 11 is 0. The first-order valence-corrected chi connectivity index (χ1v) is 8.73. The second-order valence-electron chi connectivity index (χ2n) is 6.61. The first-order chi connectivity index (χ1) is 12.2. The summed E-state index contributed by atoms with van der Waals surface area (Å²) < 4.78 is 16.4. The molecule has 0 aromatic heterocycles. The molecule has 0 saturated heterocycles. The lowest BCUT2D eigenvalue weighted by molar-refractivity contribution is 0.171. The Morgan fingerprint density at radius 3 is 2.64 bits per heavy atom. The zero-order valence-electron chi connectivity index (χ0n) is 14.3. The van der Waals surface area contributed by atoms with Crippen LogP contribution < -0.4 is 19.5 Å². The average molecular weight is 341 g/mol. The number of methoxy groups -OCH3 is 1. The van der Waals surface area contributed by atoms with Crippen molar-refractivity contribution in [2.45, 2.75) is 25.4 Å². The van der Waals surface area contributed by atoms with Crippen molar-refractivity contribution in [3.05, 3.63) is 47.5 Å². The number of hydrogen-bond acceptors (Lipinski definition) is 5. The molecule has 1 atom stereocenters. The summed E-state index contributed by atoms with van der Waals surface area (Å²) in [7, 11) is 1.55. The van der Waals surface area contributed by atoms with Crippen molar-refractivity contribution in [1.82, 2.24) is 5.32 Å². The molecule has 1 heterocycles. The van der Waals surface area contributed by atoms with Crippen LogP contribution in [0.15, 0.2) is 36.4 Å². The predicted octanol–water partition coefficient (Wildman–Crippen LogP) is 3.41. The number of phenols is 1. The maximum absolute atomic E-state index is 9.94. The largest absolute Gasteiger partial charge is 0.504 e. The van der Waals surface area contributed by atoms with Crippen molar-refractivity contribution >= 4 is 0 Å². The molecule has 2 N–H and O–H groups in total. The van der Waals surface area contributed by atoms with Gasteiger partial charge in [0, 0.05) is 12.6 Å². The van der Waals surface area contributed by atoms with Gasteiger partial charge in [-0.3, -0.25) is 0 Å². The number of hydrogen-bond donors (Lipinski definition) is 2. The van der Waals surface area contributed by atoms with Crippen LogP contribution in [0.4, 0.5) is 0 Å². The summed E-state index contributed by atoms with van der Waals surface area (Å²) in [5.41, 5.74) is 2.26. The van der Waals surface area contributed by atoms with Gasteiger partial charge >= 0.3 is 0 Å². The molecule has 0 radical (unpaired) electrons. The molecule has 1 fully saturated rings. The van der Waals surface area contributed by atoms with Crippen LogP contribution in [0, 0.1) is 5.92 Å². The van der Waals surface area contributed by atoms with Gasteiger partial charge in [0.2, 0.25) is 0 Å². The fraction of sp³-hybridized carbons (Fsp3) is 0.400. The Balaban J connectivity index is 1.49. The van der Waals surface area contributed by atoms with E-state index in [-0.39, 0.29) is 11.8 Å². The second kappa shape index (κ2) is 6.84. The van der Waals surface area contributed by atoms with E-state index in [9.17, 15) is 5.11 Å². The molecule has 0 spiro atoms. The van der Waals surface area contributed by atoms with Gasteiger partial charge in [0.15, 0.2) is 23.0 Å². The van der Waals surface area contributed by atoms with Crippen LogP contribution in [0.1, 0.15) is 30.0 Å². The number of ether oxygens (including phenoxy) is 3. The van der Waals surface area contributed by atoms with Crippen LogP contribution >= 0.6 is 0 Å². The monoisotopic (exact) mass is 341 g/mol. The quantitative estimate of drug-likeness (QED) is 0.843. The Morgan fingerprint density at radius 2 is 1.92 bits per heavy atom. The minimum atomic E-state index is 0.170. The standard InChI is InChI=1S/C20H23NO4/c1-23-17-6-2-13(10-16(17)22)12-21-20(14-3-4-14)15-5-7-18-19(11-15)25-9-8-24-18/h2,5-7,10-11,14,20-22H,3-4,8-9,12H2,1H3. The summed E-state index contributed by atoms with van der Waals surface area (Å²) in [4.78, 5) is 0. The molecule has 132 valence electrons. The normalized spacial score (nSPS) is 17.2. The highest BCUT2D eigenvalue weighted by molar-refractivity contribution is 5.45. The zero-order chi connectivity index (χ0) is 17.2. The number of nitrogens with one attached hydrogen (secondary N) is 1. The molecule has 1 saturated carbocycles. The van der Waals surface area contributed by atoms with Crippen LogP contribution in [0.3, 0.4) is 0 Å². The summed E-state index contributed by atoms with van der Waals surface area (Å²) in [5, 5.41) is 13.6. The number of aromatic hydroxyl groups is 1. The van der Waals surface area contributed by atoms with E-state index in [2.05, 4.69) is 17.4 Å². The fourth-order valence-corrected chi connectivity index (χ4v) is 3.31. The van der Waals surface area contributed by atoms with Gasteiger partial charge in [-0.15, -0.1) is 0 Å². The van der Waals surface area contributed by atoms with Crippen molar-refractivity contribution in [2.24, 2.45) is 5.92 Å². The van der Waals surface area contributed by atoms with Gasteiger partial charge in [0.1, 0.15) is 13.2 Å². The Kier molecular flexibility index (Phi) is 4.40. The van der Waals surface area contributed by atoms with Crippen molar-refractivity contribution in [1.29, 1.82) is 0 Å². The molecule has 2 aromatic carbocycles. The van der Waals surface area contributed by atoms with Crippen LogP contribution in [0.2, 0.25) is 0 Å². The van der Waals surface area contributed by atoms with Crippen molar-refractivity contribution in [2.75, 3.05) is 20.3 Å². The topological polar surface area (TPSA) is 60.0 Å². The molecule has 1 unspecified atom stereocenters. The van der Waals surface area contributed by atoms with Crippen molar-refractivity contribution in [3.8, 4) is 23.0 Å². The smallest absolute Gasteiger partial charge is 0.161 e. The van der Waals surface area contributed by atoms with Crippen molar-refractivity contribution in [3.63, 3.8) is 0 Å². The minimum absolute atomic E-state index is 0.170. The first-order valence-electron chi connectivity index (χ1n) is 8.73. The van der Waals surface area contributed by atoms with E-state index in [1.807, 2.05) is 12.1 Å². The predicted molar refractivity (Wildman–Crippen MR) is 94.4 cm³/mol. The average Bonchev–Trinajstić information content (AvgIpc) is 3.47. The Bertz CT molecular complexity index is 757. The number of phenolic OH excluding ortho intramolecular Hbond substituents is 1. The van der Waals surface area contributed by atoms with Gasteiger partial charge in [-0.2, -0.15) is 0 Å². The summed E-state index contributed by atoms with van der Waals surface area (Å²) in [6, 6.07) is 12.0. The number of benzene rings is 2. The molecule has 2 aromatic rings. The number of rotatable bonds is 6. The second-order valence-corrected chi connectivity index (χ2v) is 6.61. The molecule has 5 nitrogen and oxygen atoms in total. The van der Waals surface area contributed by atoms with Crippen LogP contribution in [-0.2, 0) is 6.54 Å². The van der Waals surface area contributed by atoms with E-state index in [1.54, 1.807) is 19.2 Å². The van der Waals surface area contributed by atoms with E-state index < -0.39 is 0 Å². The van der Waals surface area contributed by atoms with E-state index in [4.69, 9.17) is 14.2 Å². The summed E-state index contributed by atoms with van der Waals surface area (Å²) in [6.07, 6.45) is 2.47. The maximum Gasteiger partial charge on any atom is 0.161 e. The van der Waals surface area contributed by atoms with Crippen LogP contribution in [0.5, 0.6) is 23.0 Å².